The largest absolute Gasteiger partial charge is 0.337 e. The van der Waals surface area contributed by atoms with Gasteiger partial charge in [-0.25, -0.2) is 4.98 Å². The van der Waals surface area contributed by atoms with E-state index < -0.39 is 0 Å². The molecule has 1 heterocycles. The van der Waals surface area contributed by atoms with Crippen molar-refractivity contribution in [3.8, 4) is 0 Å². The van der Waals surface area contributed by atoms with Crippen molar-refractivity contribution < 1.29 is 0 Å². The Bertz CT molecular complexity index is 471. The average Bonchev–Trinajstić information content (AvgIpc) is 2.93. The third-order valence-corrected chi connectivity index (χ3v) is 3.33. The highest BCUT2D eigenvalue weighted by Crippen LogP contribution is 2.09. The van der Waals surface area contributed by atoms with Gasteiger partial charge in [0.2, 0.25) is 0 Å². The lowest BCUT2D eigenvalue weighted by Crippen LogP contribution is -2.16. The number of hydrogen-bond acceptors (Lipinski definition) is 2. The van der Waals surface area contributed by atoms with Gasteiger partial charge < -0.3 is 9.88 Å². The fourth-order valence-corrected chi connectivity index (χ4v) is 2.30. The van der Waals surface area contributed by atoms with Gasteiger partial charge in [0.05, 0.1) is 6.33 Å². The summed E-state index contributed by atoms with van der Waals surface area (Å²) < 4.78 is 2.11. The molecule has 20 heavy (non-hydrogen) atoms. The quantitative estimate of drug-likeness (QED) is 0.747. The maximum Gasteiger partial charge on any atom is 0.0945 e. The Morgan fingerprint density at radius 2 is 1.90 bits per heavy atom. The molecule has 0 spiro atoms. The molecule has 0 aliphatic heterocycles. The van der Waals surface area contributed by atoms with E-state index in [1.165, 1.54) is 17.5 Å². The summed E-state index contributed by atoms with van der Waals surface area (Å²) in [5.41, 5.74) is 2.80. The summed E-state index contributed by atoms with van der Waals surface area (Å²) >= 11 is 0. The predicted octanol–water partition coefficient (Wildman–Crippen LogP) is 3.26. The van der Waals surface area contributed by atoms with Crippen molar-refractivity contribution in [2.75, 3.05) is 6.54 Å². The van der Waals surface area contributed by atoms with Crippen LogP contribution in [0.4, 0.5) is 0 Å². The summed E-state index contributed by atoms with van der Waals surface area (Å²) in [7, 11) is 0. The summed E-state index contributed by atoms with van der Waals surface area (Å²) in [6.45, 7) is 7.53. The number of benzene rings is 1. The zero-order valence-electron chi connectivity index (χ0n) is 12.5. The molecule has 0 bridgehead atoms. The summed E-state index contributed by atoms with van der Waals surface area (Å²) in [6.07, 6.45) is 7.99. The van der Waals surface area contributed by atoms with E-state index in [-0.39, 0.29) is 0 Å². The van der Waals surface area contributed by atoms with Crippen LogP contribution in [0.2, 0.25) is 0 Å². The van der Waals surface area contributed by atoms with Crippen LogP contribution in [0, 0.1) is 5.92 Å². The fraction of sp³-hybridized carbons (Fsp3) is 0.471. The average molecular weight is 271 g/mol. The van der Waals surface area contributed by atoms with Gasteiger partial charge in [0.15, 0.2) is 0 Å². The van der Waals surface area contributed by atoms with Crippen molar-refractivity contribution in [2.45, 2.75) is 39.8 Å². The van der Waals surface area contributed by atoms with Crippen molar-refractivity contribution in [2.24, 2.45) is 5.92 Å². The Kier molecular flexibility index (Phi) is 5.81. The van der Waals surface area contributed by atoms with E-state index in [4.69, 9.17) is 0 Å². The zero-order valence-corrected chi connectivity index (χ0v) is 12.5. The van der Waals surface area contributed by atoms with E-state index in [9.17, 15) is 0 Å². The highest BCUT2D eigenvalue weighted by molar-refractivity contribution is 5.22. The van der Waals surface area contributed by atoms with Gasteiger partial charge in [-0.3, -0.25) is 0 Å². The van der Waals surface area contributed by atoms with Gasteiger partial charge in [-0.05, 0) is 36.4 Å². The van der Waals surface area contributed by atoms with Crippen LogP contribution in [-0.4, -0.2) is 16.1 Å². The first-order valence-corrected chi connectivity index (χ1v) is 7.48. The molecule has 2 aromatic rings. The topological polar surface area (TPSA) is 29.9 Å². The molecule has 0 aliphatic carbocycles. The second kappa shape index (κ2) is 7.85. The first-order valence-electron chi connectivity index (χ1n) is 7.48. The molecule has 3 nitrogen and oxygen atoms in total. The molecule has 0 unspecified atom stereocenters. The molecule has 3 heteroatoms. The van der Waals surface area contributed by atoms with Gasteiger partial charge in [0.1, 0.15) is 0 Å². The fourth-order valence-electron chi connectivity index (χ4n) is 2.30. The summed E-state index contributed by atoms with van der Waals surface area (Å²) in [4.78, 5) is 4.04. The van der Waals surface area contributed by atoms with Crippen LogP contribution in [0.3, 0.4) is 0 Å². The van der Waals surface area contributed by atoms with Crippen LogP contribution in [0.1, 0.15) is 31.4 Å². The molecular weight excluding hydrogens is 246 g/mol. The second-order valence-corrected chi connectivity index (χ2v) is 5.75. The maximum atomic E-state index is 4.04. The minimum atomic E-state index is 0.724. The molecule has 0 atom stereocenters. The molecule has 108 valence electrons. The SMILES string of the molecule is CC(C)Cc1ccc(CNCCCn2ccnc2)cc1. The molecule has 1 N–H and O–H groups in total. The third-order valence-electron chi connectivity index (χ3n) is 3.33. The van der Waals surface area contributed by atoms with Crippen LogP contribution in [0.25, 0.3) is 0 Å². The maximum absolute atomic E-state index is 4.04. The molecule has 0 fully saturated rings. The molecule has 1 aromatic heterocycles. The molecule has 0 saturated carbocycles. The van der Waals surface area contributed by atoms with E-state index in [0.717, 1.165) is 32.0 Å². The lowest BCUT2D eigenvalue weighted by molar-refractivity contribution is 0.580. The van der Waals surface area contributed by atoms with Gasteiger partial charge in [-0.15, -0.1) is 0 Å². The summed E-state index contributed by atoms with van der Waals surface area (Å²) in [6, 6.07) is 8.98. The van der Waals surface area contributed by atoms with Crippen molar-refractivity contribution in [3.63, 3.8) is 0 Å². The molecule has 0 saturated heterocycles. The van der Waals surface area contributed by atoms with Crippen LogP contribution in [0.15, 0.2) is 43.0 Å². The molecular formula is C17H25N3. The van der Waals surface area contributed by atoms with Crippen molar-refractivity contribution in [3.05, 3.63) is 54.1 Å². The molecule has 0 radical (unpaired) electrons. The zero-order chi connectivity index (χ0) is 14.2. The van der Waals surface area contributed by atoms with Crippen molar-refractivity contribution in [1.82, 2.24) is 14.9 Å². The summed E-state index contributed by atoms with van der Waals surface area (Å²) in [5, 5.41) is 3.49. The highest BCUT2D eigenvalue weighted by atomic mass is 15.0. The predicted molar refractivity (Wildman–Crippen MR) is 83.5 cm³/mol. The normalized spacial score (nSPS) is 11.2. The highest BCUT2D eigenvalue weighted by Gasteiger charge is 1.98. The van der Waals surface area contributed by atoms with Crippen LogP contribution >= 0.6 is 0 Å². The lowest BCUT2D eigenvalue weighted by atomic mass is 10.0. The smallest absolute Gasteiger partial charge is 0.0945 e. The number of aryl methyl sites for hydroxylation is 1. The number of imidazole rings is 1. The standard InChI is InChI=1S/C17H25N3/c1-15(2)12-16-4-6-17(7-5-16)13-18-8-3-10-20-11-9-19-14-20/h4-7,9,11,14-15,18H,3,8,10,12-13H2,1-2H3. The Morgan fingerprint density at radius 1 is 1.15 bits per heavy atom. The van der Waals surface area contributed by atoms with E-state index in [2.05, 4.69) is 53.0 Å². The lowest BCUT2D eigenvalue weighted by Gasteiger charge is -2.08. The molecule has 1 aromatic carbocycles. The number of hydrogen-bond donors (Lipinski definition) is 1. The van der Waals surface area contributed by atoms with Gasteiger partial charge in [0, 0.05) is 25.5 Å². The molecule has 2 rings (SSSR count). The van der Waals surface area contributed by atoms with Crippen molar-refractivity contribution >= 4 is 0 Å². The Morgan fingerprint density at radius 3 is 2.55 bits per heavy atom. The monoisotopic (exact) mass is 271 g/mol. The van der Waals surface area contributed by atoms with Gasteiger partial charge in [-0.2, -0.15) is 0 Å². The van der Waals surface area contributed by atoms with Crippen LogP contribution < -0.4 is 5.32 Å². The minimum Gasteiger partial charge on any atom is -0.337 e. The molecule has 0 aliphatic rings. The van der Waals surface area contributed by atoms with Crippen LogP contribution in [0.5, 0.6) is 0 Å². The Labute approximate surface area is 122 Å². The van der Waals surface area contributed by atoms with Gasteiger partial charge >= 0.3 is 0 Å². The van der Waals surface area contributed by atoms with Crippen LogP contribution in [-0.2, 0) is 19.5 Å². The minimum absolute atomic E-state index is 0.724. The van der Waals surface area contributed by atoms with E-state index in [0.29, 0.717) is 0 Å². The van der Waals surface area contributed by atoms with E-state index in [1.807, 2.05) is 18.7 Å². The summed E-state index contributed by atoms with van der Waals surface area (Å²) in [5.74, 6) is 0.724. The first kappa shape index (κ1) is 14.8. The Balaban J connectivity index is 1.64. The third kappa shape index (κ3) is 5.17. The van der Waals surface area contributed by atoms with Gasteiger partial charge in [-0.1, -0.05) is 38.1 Å². The molecule has 0 amide bonds. The second-order valence-electron chi connectivity index (χ2n) is 5.75. The van der Waals surface area contributed by atoms with Gasteiger partial charge in [0.25, 0.3) is 0 Å². The van der Waals surface area contributed by atoms with Crippen molar-refractivity contribution in [1.29, 1.82) is 0 Å². The number of rotatable bonds is 8. The Hall–Kier alpha value is -1.61. The first-order chi connectivity index (χ1) is 9.74. The number of nitrogens with one attached hydrogen (secondary N) is 1. The van der Waals surface area contributed by atoms with E-state index in [1.54, 1.807) is 0 Å². The number of nitrogens with zero attached hydrogens (tertiary/aromatic N) is 2. The van der Waals surface area contributed by atoms with E-state index >= 15 is 0 Å². The number of aromatic nitrogens is 2.